The van der Waals surface area contributed by atoms with Crippen LogP contribution in [0.1, 0.15) is 72.6 Å². The Morgan fingerprint density at radius 3 is 1.81 bits per heavy atom. The largest absolute Gasteiger partial charge is 0.382 e. The van der Waals surface area contributed by atoms with Gasteiger partial charge in [0.1, 0.15) is 0 Å². The third-order valence-electron chi connectivity index (χ3n) is 3.80. The molecular weight excluding hydrogens is 196 g/mol. The fourth-order valence-electron chi connectivity index (χ4n) is 2.03. The van der Waals surface area contributed by atoms with Crippen LogP contribution in [-0.2, 0) is 4.74 Å². The lowest BCUT2D eigenvalue weighted by Gasteiger charge is -2.14. The Bertz CT molecular complexity index is 128. The van der Waals surface area contributed by atoms with E-state index in [1.54, 1.807) is 7.11 Å². The van der Waals surface area contributed by atoms with E-state index in [1.807, 2.05) is 0 Å². The normalized spacial score (nSPS) is 17.1. The summed E-state index contributed by atoms with van der Waals surface area (Å²) in [6.07, 6.45) is 9.91. The molecule has 0 amide bonds. The molecule has 0 bridgehead atoms. The van der Waals surface area contributed by atoms with Crippen molar-refractivity contribution in [2.75, 3.05) is 7.11 Å². The highest BCUT2D eigenvalue weighted by atomic mass is 16.5. The van der Waals surface area contributed by atoms with Gasteiger partial charge in [-0.25, -0.2) is 0 Å². The first-order valence-electron chi connectivity index (χ1n) is 7.12. The molecule has 0 aromatic carbocycles. The molecule has 0 fully saturated rings. The van der Waals surface area contributed by atoms with Crippen molar-refractivity contribution >= 4 is 0 Å². The fraction of sp³-hybridized carbons (Fsp3) is 1.00. The van der Waals surface area contributed by atoms with Crippen molar-refractivity contribution in [3.63, 3.8) is 0 Å². The van der Waals surface area contributed by atoms with E-state index in [2.05, 4.69) is 27.7 Å². The molecule has 0 radical (unpaired) electrons. The summed E-state index contributed by atoms with van der Waals surface area (Å²) in [6, 6.07) is 0. The molecule has 0 aliphatic heterocycles. The van der Waals surface area contributed by atoms with Crippen LogP contribution < -0.4 is 0 Å². The Labute approximate surface area is 103 Å². The maximum Gasteiger partial charge on any atom is 0.0543 e. The summed E-state index contributed by atoms with van der Waals surface area (Å²) in [4.78, 5) is 0. The van der Waals surface area contributed by atoms with Gasteiger partial charge >= 0.3 is 0 Å². The van der Waals surface area contributed by atoms with Crippen molar-refractivity contribution in [2.24, 2.45) is 11.8 Å². The minimum atomic E-state index is 0.437. The Balaban J connectivity index is 3.34. The molecule has 1 nitrogen and oxygen atoms in total. The van der Waals surface area contributed by atoms with Gasteiger partial charge in [0.25, 0.3) is 0 Å². The summed E-state index contributed by atoms with van der Waals surface area (Å²) in [5.41, 5.74) is 0. The van der Waals surface area contributed by atoms with Crippen LogP contribution in [0, 0.1) is 11.8 Å². The third-order valence-corrected chi connectivity index (χ3v) is 3.80. The molecule has 0 heterocycles. The monoisotopic (exact) mass is 228 g/mol. The molecule has 16 heavy (non-hydrogen) atoms. The van der Waals surface area contributed by atoms with Crippen LogP contribution in [0.4, 0.5) is 0 Å². The zero-order valence-corrected chi connectivity index (χ0v) is 12.1. The molecule has 0 aromatic heterocycles. The standard InChI is InChI=1S/C15H32O/c1-6-13(2)9-7-10-14(3)11-8-12-15(4)16-5/h13-15H,6-12H2,1-5H3. The number of hydrogen-bond acceptors (Lipinski definition) is 1. The van der Waals surface area contributed by atoms with Crippen molar-refractivity contribution in [1.29, 1.82) is 0 Å². The molecule has 98 valence electrons. The second-order valence-corrected chi connectivity index (χ2v) is 5.53. The molecule has 0 aliphatic rings. The minimum absolute atomic E-state index is 0.437. The van der Waals surface area contributed by atoms with Crippen LogP contribution in [0.3, 0.4) is 0 Å². The second-order valence-electron chi connectivity index (χ2n) is 5.53. The quantitative estimate of drug-likeness (QED) is 0.509. The summed E-state index contributed by atoms with van der Waals surface area (Å²) >= 11 is 0. The molecule has 0 saturated heterocycles. The van der Waals surface area contributed by atoms with Crippen LogP contribution >= 0.6 is 0 Å². The second kappa shape index (κ2) is 10.1. The van der Waals surface area contributed by atoms with E-state index in [-0.39, 0.29) is 0 Å². The first kappa shape index (κ1) is 16.0. The predicted octanol–water partition coefficient (Wildman–Crippen LogP) is 5.04. The summed E-state index contributed by atoms with van der Waals surface area (Å²) < 4.78 is 5.26. The van der Waals surface area contributed by atoms with Crippen molar-refractivity contribution in [2.45, 2.75) is 78.7 Å². The highest BCUT2D eigenvalue weighted by Crippen LogP contribution is 2.19. The van der Waals surface area contributed by atoms with Crippen molar-refractivity contribution in [3.8, 4) is 0 Å². The topological polar surface area (TPSA) is 9.23 Å². The van der Waals surface area contributed by atoms with E-state index in [9.17, 15) is 0 Å². The number of hydrogen-bond donors (Lipinski definition) is 0. The molecule has 0 aromatic rings. The van der Waals surface area contributed by atoms with Crippen LogP contribution in [0.2, 0.25) is 0 Å². The fourth-order valence-corrected chi connectivity index (χ4v) is 2.03. The molecule has 3 atom stereocenters. The predicted molar refractivity (Wildman–Crippen MR) is 72.8 cm³/mol. The molecular formula is C15H32O. The van der Waals surface area contributed by atoms with Gasteiger partial charge in [-0.1, -0.05) is 59.3 Å². The molecule has 0 aliphatic carbocycles. The Kier molecular flexibility index (Phi) is 10.1. The maximum absolute atomic E-state index is 5.26. The summed E-state index contributed by atoms with van der Waals surface area (Å²) in [5.74, 6) is 1.81. The van der Waals surface area contributed by atoms with Gasteiger partial charge in [-0.3, -0.25) is 0 Å². The van der Waals surface area contributed by atoms with Crippen molar-refractivity contribution < 1.29 is 4.74 Å². The molecule has 3 unspecified atom stereocenters. The van der Waals surface area contributed by atoms with Gasteiger partial charge < -0.3 is 4.74 Å². The van der Waals surface area contributed by atoms with Gasteiger partial charge in [0.2, 0.25) is 0 Å². The highest BCUT2D eigenvalue weighted by molar-refractivity contribution is 4.58. The lowest BCUT2D eigenvalue weighted by atomic mass is 9.94. The Morgan fingerprint density at radius 1 is 0.812 bits per heavy atom. The van der Waals surface area contributed by atoms with Gasteiger partial charge in [-0.2, -0.15) is 0 Å². The number of methoxy groups -OCH3 is 1. The minimum Gasteiger partial charge on any atom is -0.382 e. The smallest absolute Gasteiger partial charge is 0.0543 e. The number of rotatable bonds is 10. The van der Waals surface area contributed by atoms with Crippen LogP contribution in [0.25, 0.3) is 0 Å². The lowest BCUT2D eigenvalue weighted by Crippen LogP contribution is -2.05. The third kappa shape index (κ3) is 9.21. The van der Waals surface area contributed by atoms with E-state index < -0.39 is 0 Å². The average Bonchev–Trinajstić information content (AvgIpc) is 2.28. The molecule has 0 spiro atoms. The van der Waals surface area contributed by atoms with E-state index in [0.717, 1.165) is 11.8 Å². The van der Waals surface area contributed by atoms with E-state index in [4.69, 9.17) is 4.74 Å². The van der Waals surface area contributed by atoms with Crippen molar-refractivity contribution in [3.05, 3.63) is 0 Å². The molecule has 0 N–H and O–H groups in total. The van der Waals surface area contributed by atoms with Crippen LogP contribution in [0.5, 0.6) is 0 Å². The lowest BCUT2D eigenvalue weighted by molar-refractivity contribution is 0.107. The van der Waals surface area contributed by atoms with Gasteiger partial charge in [0.15, 0.2) is 0 Å². The van der Waals surface area contributed by atoms with E-state index >= 15 is 0 Å². The van der Waals surface area contributed by atoms with Crippen LogP contribution in [0.15, 0.2) is 0 Å². The Hall–Kier alpha value is -0.0400. The van der Waals surface area contributed by atoms with Gasteiger partial charge in [0, 0.05) is 7.11 Å². The Morgan fingerprint density at radius 2 is 1.31 bits per heavy atom. The zero-order chi connectivity index (χ0) is 12.4. The van der Waals surface area contributed by atoms with E-state index in [0.29, 0.717) is 6.10 Å². The van der Waals surface area contributed by atoms with Gasteiger partial charge in [-0.15, -0.1) is 0 Å². The summed E-state index contributed by atoms with van der Waals surface area (Å²) in [6.45, 7) is 9.22. The summed E-state index contributed by atoms with van der Waals surface area (Å²) in [5, 5.41) is 0. The average molecular weight is 228 g/mol. The molecule has 0 saturated carbocycles. The molecule has 0 rings (SSSR count). The van der Waals surface area contributed by atoms with E-state index in [1.165, 1.54) is 44.9 Å². The maximum atomic E-state index is 5.26. The van der Waals surface area contributed by atoms with Gasteiger partial charge in [0.05, 0.1) is 6.10 Å². The highest BCUT2D eigenvalue weighted by Gasteiger charge is 2.05. The van der Waals surface area contributed by atoms with Crippen molar-refractivity contribution in [1.82, 2.24) is 0 Å². The first-order valence-corrected chi connectivity index (χ1v) is 7.12. The first-order chi connectivity index (χ1) is 7.60. The van der Waals surface area contributed by atoms with Gasteiger partial charge in [-0.05, 0) is 25.2 Å². The molecule has 1 heteroatoms. The summed E-state index contributed by atoms with van der Waals surface area (Å²) in [7, 11) is 1.81. The zero-order valence-electron chi connectivity index (χ0n) is 12.1. The number of ether oxygens (including phenoxy) is 1. The SMILES string of the molecule is CCC(C)CCCC(C)CCCC(C)OC. The van der Waals surface area contributed by atoms with Crippen LogP contribution in [-0.4, -0.2) is 13.2 Å².